The number of methoxy groups -OCH3 is 1. The summed E-state index contributed by atoms with van der Waals surface area (Å²) in [6, 6.07) is 4.08. The first kappa shape index (κ1) is 23.8. The minimum Gasteiger partial charge on any atom is -0.477 e. The molecule has 1 saturated heterocycles. The first-order chi connectivity index (χ1) is 15.5. The van der Waals surface area contributed by atoms with E-state index < -0.39 is 11.6 Å². The van der Waals surface area contributed by atoms with Crippen molar-refractivity contribution in [3.63, 3.8) is 0 Å². The van der Waals surface area contributed by atoms with Gasteiger partial charge in [0, 0.05) is 57.5 Å². The number of rotatable bonds is 10. The zero-order chi connectivity index (χ0) is 22.9. The highest BCUT2D eigenvalue weighted by Crippen LogP contribution is 2.32. The first-order valence-corrected chi connectivity index (χ1v) is 10.9. The van der Waals surface area contributed by atoms with Gasteiger partial charge >= 0.3 is 5.97 Å². The Labute approximate surface area is 186 Å². The third-order valence-electron chi connectivity index (χ3n) is 5.34. The molecule has 1 fully saturated rings. The number of hydrogen-bond acceptors (Lipinski definition) is 7. The van der Waals surface area contributed by atoms with Gasteiger partial charge in [-0.3, -0.25) is 4.79 Å². The Kier molecular flexibility index (Phi) is 8.72. The molecule has 0 N–H and O–H groups in total. The van der Waals surface area contributed by atoms with Gasteiger partial charge in [0.05, 0.1) is 13.2 Å². The number of piperidine rings is 1. The maximum absolute atomic E-state index is 14.9. The monoisotopic (exact) mass is 449 g/mol. The molecule has 0 saturated carbocycles. The predicted molar refractivity (Wildman–Crippen MR) is 116 cm³/mol. The van der Waals surface area contributed by atoms with E-state index in [9.17, 15) is 13.6 Å². The van der Waals surface area contributed by atoms with E-state index in [0.29, 0.717) is 64.5 Å². The average molecular weight is 449 g/mol. The van der Waals surface area contributed by atoms with Gasteiger partial charge in [-0.05, 0) is 37.8 Å². The molecule has 0 unspecified atom stereocenters. The number of halogens is 2. The van der Waals surface area contributed by atoms with Crippen molar-refractivity contribution in [2.24, 2.45) is 5.92 Å². The standard InChI is InChI=1S/C23H29F2N3O4/c1-3-31-21(29)13-16-6-9-28(10-7-16)22-18(24)14-17(15-19(22)25)23-26-8-5-20(27-23)32-12-4-11-30-2/h5,8,14-16H,3-4,6-7,9-13H2,1-2H3. The Morgan fingerprint density at radius 3 is 2.56 bits per heavy atom. The number of benzene rings is 1. The Hall–Kier alpha value is -2.81. The summed E-state index contributed by atoms with van der Waals surface area (Å²) < 4.78 is 45.3. The van der Waals surface area contributed by atoms with Crippen LogP contribution in [-0.2, 0) is 14.3 Å². The molecule has 1 aliphatic rings. The van der Waals surface area contributed by atoms with Crippen molar-refractivity contribution in [1.29, 1.82) is 0 Å². The fraction of sp³-hybridized carbons (Fsp3) is 0.522. The number of aromatic nitrogens is 2. The van der Waals surface area contributed by atoms with Crippen molar-refractivity contribution in [2.45, 2.75) is 32.6 Å². The summed E-state index contributed by atoms with van der Waals surface area (Å²) in [7, 11) is 1.61. The first-order valence-electron chi connectivity index (χ1n) is 10.9. The van der Waals surface area contributed by atoms with Crippen LogP contribution in [0.5, 0.6) is 5.88 Å². The van der Waals surface area contributed by atoms with Crippen molar-refractivity contribution in [3.05, 3.63) is 36.0 Å². The van der Waals surface area contributed by atoms with Gasteiger partial charge < -0.3 is 19.1 Å². The van der Waals surface area contributed by atoms with E-state index >= 15 is 0 Å². The Balaban J connectivity index is 1.66. The van der Waals surface area contributed by atoms with Gasteiger partial charge in [0.15, 0.2) is 5.82 Å². The fourth-order valence-corrected chi connectivity index (χ4v) is 3.75. The van der Waals surface area contributed by atoms with E-state index in [-0.39, 0.29) is 29.0 Å². The minimum absolute atomic E-state index is 0.0599. The topological polar surface area (TPSA) is 73.8 Å². The summed E-state index contributed by atoms with van der Waals surface area (Å²) in [5, 5.41) is 0. The Morgan fingerprint density at radius 1 is 1.19 bits per heavy atom. The van der Waals surface area contributed by atoms with Crippen LogP contribution in [-0.4, -0.2) is 56.0 Å². The molecule has 1 aromatic carbocycles. The molecule has 32 heavy (non-hydrogen) atoms. The Morgan fingerprint density at radius 2 is 1.91 bits per heavy atom. The van der Waals surface area contributed by atoms with Gasteiger partial charge in [-0.15, -0.1) is 0 Å². The van der Waals surface area contributed by atoms with Crippen LogP contribution in [0.25, 0.3) is 11.4 Å². The number of carbonyl (C=O) groups excluding carboxylic acids is 1. The lowest BCUT2D eigenvalue weighted by Crippen LogP contribution is -2.35. The van der Waals surface area contributed by atoms with Gasteiger partial charge in [-0.25, -0.2) is 13.8 Å². The van der Waals surface area contributed by atoms with E-state index in [1.54, 1.807) is 25.0 Å². The van der Waals surface area contributed by atoms with Crippen molar-refractivity contribution in [1.82, 2.24) is 9.97 Å². The lowest BCUT2D eigenvalue weighted by atomic mass is 9.93. The highest BCUT2D eigenvalue weighted by atomic mass is 19.1. The normalized spacial score (nSPS) is 14.4. The number of ether oxygens (including phenoxy) is 3. The number of anilines is 1. The van der Waals surface area contributed by atoms with Crippen molar-refractivity contribution < 1.29 is 27.8 Å². The van der Waals surface area contributed by atoms with Crippen LogP contribution in [0.15, 0.2) is 24.4 Å². The summed E-state index contributed by atoms with van der Waals surface area (Å²) in [5.41, 5.74) is 0.179. The van der Waals surface area contributed by atoms with Crippen LogP contribution >= 0.6 is 0 Å². The fourth-order valence-electron chi connectivity index (χ4n) is 3.75. The highest BCUT2D eigenvalue weighted by Gasteiger charge is 2.26. The molecule has 0 radical (unpaired) electrons. The van der Waals surface area contributed by atoms with Crippen molar-refractivity contribution in [2.75, 3.05) is 44.9 Å². The third-order valence-corrected chi connectivity index (χ3v) is 5.34. The quantitative estimate of drug-likeness (QED) is 0.401. The lowest BCUT2D eigenvalue weighted by molar-refractivity contribution is -0.144. The van der Waals surface area contributed by atoms with Gasteiger partial charge in [0.2, 0.25) is 5.88 Å². The van der Waals surface area contributed by atoms with E-state index in [4.69, 9.17) is 14.2 Å². The molecule has 0 atom stereocenters. The number of hydrogen-bond donors (Lipinski definition) is 0. The molecule has 7 nitrogen and oxygen atoms in total. The summed E-state index contributed by atoms with van der Waals surface area (Å²) in [4.78, 5) is 21.7. The lowest BCUT2D eigenvalue weighted by Gasteiger charge is -2.33. The van der Waals surface area contributed by atoms with Crippen molar-refractivity contribution >= 4 is 11.7 Å². The molecular formula is C23H29F2N3O4. The van der Waals surface area contributed by atoms with Gasteiger partial charge in [-0.1, -0.05) is 0 Å². The van der Waals surface area contributed by atoms with Crippen LogP contribution in [0.3, 0.4) is 0 Å². The Bertz CT molecular complexity index is 882. The van der Waals surface area contributed by atoms with Crippen LogP contribution in [0.1, 0.15) is 32.6 Å². The molecule has 174 valence electrons. The molecule has 2 aromatic rings. The second kappa shape index (κ2) is 11.7. The third kappa shape index (κ3) is 6.35. The molecule has 0 spiro atoms. The second-order valence-corrected chi connectivity index (χ2v) is 7.64. The molecular weight excluding hydrogens is 420 g/mol. The summed E-state index contributed by atoms with van der Waals surface area (Å²) >= 11 is 0. The number of nitrogens with zero attached hydrogens (tertiary/aromatic N) is 3. The molecule has 3 rings (SSSR count). The largest absolute Gasteiger partial charge is 0.477 e. The zero-order valence-corrected chi connectivity index (χ0v) is 18.5. The van der Waals surface area contributed by atoms with Gasteiger partial charge in [0.25, 0.3) is 0 Å². The van der Waals surface area contributed by atoms with Gasteiger partial charge in [-0.2, -0.15) is 4.98 Å². The molecule has 0 aliphatic carbocycles. The number of esters is 1. The molecule has 2 heterocycles. The molecule has 9 heteroatoms. The SMILES string of the molecule is CCOC(=O)CC1CCN(c2c(F)cc(-c3nccc(OCCCOC)n3)cc2F)CC1. The van der Waals surface area contributed by atoms with Crippen LogP contribution in [0.2, 0.25) is 0 Å². The molecule has 1 aromatic heterocycles. The molecule has 1 aliphatic heterocycles. The van der Waals surface area contributed by atoms with Crippen molar-refractivity contribution in [3.8, 4) is 17.3 Å². The van der Waals surface area contributed by atoms with Crippen LogP contribution < -0.4 is 9.64 Å². The maximum atomic E-state index is 14.9. The molecule has 0 bridgehead atoms. The second-order valence-electron chi connectivity index (χ2n) is 7.64. The predicted octanol–water partition coefficient (Wildman–Crippen LogP) is 4.01. The summed E-state index contributed by atoms with van der Waals surface area (Å²) in [5.74, 6) is -0.877. The number of carbonyl (C=O) groups is 1. The highest BCUT2D eigenvalue weighted by molar-refractivity contribution is 5.69. The smallest absolute Gasteiger partial charge is 0.306 e. The molecule has 0 amide bonds. The van der Waals surface area contributed by atoms with E-state index in [2.05, 4.69) is 9.97 Å². The average Bonchev–Trinajstić information content (AvgIpc) is 2.78. The summed E-state index contributed by atoms with van der Waals surface area (Å²) in [6.07, 6.45) is 3.87. The maximum Gasteiger partial charge on any atom is 0.306 e. The zero-order valence-electron chi connectivity index (χ0n) is 18.5. The van der Waals surface area contributed by atoms with Crippen LogP contribution in [0, 0.1) is 17.6 Å². The minimum atomic E-state index is -0.668. The van der Waals surface area contributed by atoms with E-state index in [1.165, 1.54) is 18.3 Å². The van der Waals surface area contributed by atoms with Crippen LogP contribution in [0.4, 0.5) is 14.5 Å². The van der Waals surface area contributed by atoms with Gasteiger partial charge in [0.1, 0.15) is 17.3 Å². The summed E-state index contributed by atoms with van der Waals surface area (Å²) in [6.45, 7) is 4.05. The van der Waals surface area contributed by atoms with E-state index in [0.717, 1.165) is 0 Å². The van der Waals surface area contributed by atoms with E-state index in [1.807, 2.05) is 0 Å².